The van der Waals surface area contributed by atoms with Gasteiger partial charge in [-0.2, -0.15) is 0 Å². The molecule has 2 saturated carbocycles. The summed E-state index contributed by atoms with van der Waals surface area (Å²) in [6, 6.07) is 17.8. The molecule has 4 aliphatic rings. The van der Waals surface area contributed by atoms with Gasteiger partial charge in [-0.1, -0.05) is 88.7 Å². The van der Waals surface area contributed by atoms with E-state index in [9.17, 15) is 19.5 Å². The maximum atomic E-state index is 17.0. The highest BCUT2D eigenvalue weighted by Gasteiger charge is 2.77. The molecule has 0 aromatic heterocycles. The van der Waals surface area contributed by atoms with Crippen LogP contribution in [0, 0.1) is 16.7 Å². The van der Waals surface area contributed by atoms with Gasteiger partial charge >= 0.3 is 24.0 Å². The van der Waals surface area contributed by atoms with E-state index in [-0.39, 0.29) is 31.4 Å². The van der Waals surface area contributed by atoms with Crippen molar-refractivity contribution < 1.29 is 61.6 Å². The Bertz CT molecular complexity index is 2110. The molecule has 64 heavy (non-hydrogen) atoms. The molecule has 2 aromatic rings. The van der Waals surface area contributed by atoms with Gasteiger partial charge in [-0.15, -0.1) is 0 Å². The Morgan fingerprint density at radius 2 is 1.55 bits per heavy atom. The van der Waals surface area contributed by atoms with Crippen molar-refractivity contribution in [1.82, 2.24) is 5.32 Å². The third-order valence-corrected chi connectivity index (χ3v) is 19.4. The first-order chi connectivity index (χ1) is 29.9. The second-order valence-electron chi connectivity index (χ2n) is 19.8. The number of esters is 3. The van der Waals surface area contributed by atoms with E-state index in [4.69, 9.17) is 28.1 Å². The van der Waals surface area contributed by atoms with Crippen LogP contribution in [0.15, 0.2) is 71.8 Å². The van der Waals surface area contributed by atoms with Gasteiger partial charge in [0.15, 0.2) is 20.0 Å². The lowest BCUT2D eigenvalue weighted by molar-refractivity contribution is -0.340. The van der Waals surface area contributed by atoms with Crippen LogP contribution in [0.1, 0.15) is 117 Å². The molecule has 1 aliphatic heterocycles. The highest BCUT2D eigenvalue weighted by atomic mass is 28.4. The van der Waals surface area contributed by atoms with Crippen LogP contribution in [0.25, 0.3) is 0 Å². The van der Waals surface area contributed by atoms with Crippen LogP contribution >= 0.6 is 0 Å². The third kappa shape index (κ3) is 8.69. The number of alkyl carbamates (subject to hydrolysis) is 1. The summed E-state index contributed by atoms with van der Waals surface area (Å²) in [6.45, 7) is 18.8. The molecule has 350 valence electrons. The monoisotopic (exact) mass is 907 g/mol. The Morgan fingerprint density at radius 1 is 0.953 bits per heavy atom. The average molecular weight is 908 g/mol. The number of hydrogen-bond donors (Lipinski definition) is 2. The van der Waals surface area contributed by atoms with Gasteiger partial charge in [-0.3, -0.25) is 9.59 Å². The number of ketones is 1. The standard InChI is InChI=1S/C49H66FNO12Si/c1-12-64(13-2,14-3)63-39(38(31-21-17-15-18-22-31)51-44(56)62-45(6,7)8)43(55)59-34-27-49(57)41(60-42(54)32-23-19-16-20-24-32)40-47(11,36(53)25-33(29(34)4)46(49,9)10)35(50)26-37-48(40,28-58-37)61-30(5)52/h15-24,34-35,37-41,57H,12-14,25-28H2,1-11H3,(H,51,56)/t34-,35+,37+,38-,39+,40-,41-,47-,48-,49+/m0/s1. The Morgan fingerprint density at radius 3 is 2.08 bits per heavy atom. The molecule has 15 heteroatoms. The molecule has 0 spiro atoms. The number of nitrogens with one attached hydrogen (secondary N) is 1. The summed E-state index contributed by atoms with van der Waals surface area (Å²) < 4.78 is 54.6. The fourth-order valence-electron chi connectivity index (χ4n) is 10.7. The first-order valence-corrected chi connectivity index (χ1v) is 25.1. The minimum Gasteiger partial charge on any atom is -0.456 e. The summed E-state index contributed by atoms with van der Waals surface area (Å²) in [7, 11) is -2.68. The zero-order valence-electron chi connectivity index (χ0n) is 39.1. The number of rotatable bonds is 13. The van der Waals surface area contributed by atoms with Crippen molar-refractivity contribution in [2.75, 3.05) is 6.61 Å². The molecule has 2 bridgehead atoms. The van der Waals surface area contributed by atoms with Crippen LogP contribution < -0.4 is 5.32 Å². The van der Waals surface area contributed by atoms with Crippen LogP contribution in [-0.2, 0) is 42.5 Å². The molecule has 1 amide bonds. The van der Waals surface area contributed by atoms with Crippen molar-refractivity contribution in [2.24, 2.45) is 16.7 Å². The highest BCUT2D eigenvalue weighted by Crippen LogP contribution is 2.64. The van der Waals surface area contributed by atoms with E-state index in [2.05, 4.69) is 5.32 Å². The number of fused-ring (bicyclic) bond motifs is 5. The molecule has 10 atom stereocenters. The van der Waals surface area contributed by atoms with E-state index >= 15 is 14.0 Å². The van der Waals surface area contributed by atoms with Crippen LogP contribution in [0.4, 0.5) is 9.18 Å². The van der Waals surface area contributed by atoms with Gasteiger partial charge in [-0.25, -0.2) is 18.8 Å². The number of amides is 1. The Hall–Kier alpha value is -4.44. The second kappa shape index (κ2) is 18.1. The first kappa shape index (κ1) is 49.0. The van der Waals surface area contributed by atoms with E-state index < -0.39 is 108 Å². The van der Waals surface area contributed by atoms with Crippen molar-refractivity contribution in [3.8, 4) is 0 Å². The molecule has 2 N–H and O–H groups in total. The fraction of sp³-hybridized carbons (Fsp3) is 0.612. The maximum absolute atomic E-state index is 17.0. The number of carbonyl (C=O) groups excluding carboxylic acids is 5. The molecule has 6 rings (SSSR count). The number of hydrogen-bond acceptors (Lipinski definition) is 12. The number of halogens is 1. The lowest BCUT2D eigenvalue weighted by Gasteiger charge is -2.66. The van der Waals surface area contributed by atoms with Crippen LogP contribution in [0.3, 0.4) is 0 Å². The maximum Gasteiger partial charge on any atom is 0.408 e. The topological polar surface area (TPSA) is 173 Å². The van der Waals surface area contributed by atoms with Gasteiger partial charge in [0.25, 0.3) is 0 Å². The number of benzene rings is 2. The van der Waals surface area contributed by atoms with Crippen LogP contribution in [0.5, 0.6) is 0 Å². The molecule has 0 radical (unpaired) electrons. The number of ether oxygens (including phenoxy) is 5. The molecule has 2 aromatic carbocycles. The summed E-state index contributed by atoms with van der Waals surface area (Å²) in [5.41, 5.74) is -6.55. The minimum atomic E-state index is -2.68. The molecular formula is C49H66FNO12Si. The van der Waals surface area contributed by atoms with E-state index in [0.717, 1.165) is 0 Å². The minimum absolute atomic E-state index is 0.125. The van der Waals surface area contributed by atoms with E-state index in [0.29, 0.717) is 34.8 Å². The molecule has 1 saturated heterocycles. The highest BCUT2D eigenvalue weighted by molar-refractivity contribution is 6.73. The van der Waals surface area contributed by atoms with Gasteiger partial charge < -0.3 is 38.5 Å². The molecular weight excluding hydrogens is 842 g/mol. The molecule has 1 heterocycles. The van der Waals surface area contributed by atoms with E-state index in [1.807, 2.05) is 26.8 Å². The number of Topliss-reactive ketones (excluding diaryl/α,β-unsaturated/α-hetero) is 1. The zero-order valence-corrected chi connectivity index (χ0v) is 40.1. The summed E-state index contributed by atoms with van der Waals surface area (Å²) in [5.74, 6) is -4.45. The lowest BCUT2D eigenvalue weighted by atomic mass is 9.45. The molecule has 0 unspecified atom stereocenters. The van der Waals surface area contributed by atoms with Gasteiger partial charge in [0.05, 0.1) is 29.5 Å². The van der Waals surface area contributed by atoms with Crippen molar-refractivity contribution in [3.63, 3.8) is 0 Å². The summed E-state index contributed by atoms with van der Waals surface area (Å²) in [5, 5.41) is 16.6. The normalized spacial score (nSPS) is 30.8. The Balaban J connectivity index is 1.52. The number of aliphatic hydroxyl groups is 1. The predicted molar refractivity (Wildman–Crippen MR) is 237 cm³/mol. The van der Waals surface area contributed by atoms with Gasteiger partial charge in [-0.05, 0) is 76.0 Å². The van der Waals surface area contributed by atoms with Gasteiger partial charge in [0.2, 0.25) is 0 Å². The lowest BCUT2D eigenvalue weighted by Crippen LogP contribution is -2.80. The van der Waals surface area contributed by atoms with E-state index in [1.165, 1.54) is 26.0 Å². The van der Waals surface area contributed by atoms with E-state index in [1.54, 1.807) is 84.0 Å². The zero-order chi connectivity index (χ0) is 47.2. The third-order valence-electron chi connectivity index (χ3n) is 14.8. The number of alkyl halides is 1. The largest absolute Gasteiger partial charge is 0.456 e. The molecule has 3 fully saturated rings. The average Bonchev–Trinajstić information content (AvgIpc) is 3.24. The summed E-state index contributed by atoms with van der Waals surface area (Å²) >= 11 is 0. The molecule has 3 aliphatic carbocycles. The van der Waals surface area contributed by atoms with Crippen molar-refractivity contribution >= 4 is 38.1 Å². The smallest absolute Gasteiger partial charge is 0.408 e. The summed E-state index contributed by atoms with van der Waals surface area (Å²) in [6.07, 6.45) is -9.03. The Kier molecular flexibility index (Phi) is 13.8. The predicted octanol–water partition coefficient (Wildman–Crippen LogP) is 8.30. The second-order valence-corrected chi connectivity index (χ2v) is 24.5. The van der Waals surface area contributed by atoms with Crippen molar-refractivity contribution in [1.29, 1.82) is 0 Å². The van der Waals surface area contributed by atoms with Crippen molar-refractivity contribution in [2.45, 2.75) is 167 Å². The Labute approximate surface area is 377 Å². The van der Waals surface area contributed by atoms with Crippen LogP contribution in [-0.4, -0.2) is 97.2 Å². The van der Waals surface area contributed by atoms with Gasteiger partial charge in [0.1, 0.15) is 41.5 Å². The SMILES string of the molecule is CC[Si](CC)(CC)O[C@@H](C(=O)O[C@H]1C[C@@]2(O)[C@@H](OC(=O)c3ccccc3)[C@@H]3[C@]4(OC(C)=O)CO[C@@H]4C[C@@H](F)[C@@]3(C)C(=O)CC(=C1C)C2(C)C)[C@@H](NC(=O)OC(C)(C)C)c1ccccc1. The fourth-order valence-corrected chi connectivity index (χ4v) is 13.5. The van der Waals surface area contributed by atoms with Crippen LogP contribution in [0.2, 0.25) is 18.1 Å². The first-order valence-electron chi connectivity index (χ1n) is 22.5. The van der Waals surface area contributed by atoms with Gasteiger partial charge in [0, 0.05) is 31.6 Å². The molecule has 13 nitrogen and oxygen atoms in total. The number of carbonyl (C=O) groups is 5. The summed E-state index contributed by atoms with van der Waals surface area (Å²) in [4.78, 5) is 71.1. The van der Waals surface area contributed by atoms with Crippen molar-refractivity contribution in [3.05, 3.63) is 82.9 Å². The quantitative estimate of drug-likeness (QED) is 0.0854.